The lowest BCUT2D eigenvalue weighted by atomic mass is 10.1. The topological polar surface area (TPSA) is 266 Å². The number of benzene rings is 2. The standard InChI is InChI=1S/C46H58N10O10S2/c1-25(47-3)37(59)49-31-23-65-17-11-12-18-66-24-32(50-38(60)26(2)48-4)46(64)56-22-30(58)20-34(56)40(62)54-42-36(28-15-9-6-10-16-28)52-44(68-42)43-51-35(27-13-7-5-8-14-27)41(67-43)53-39(61)33-19-29(57)21-55(33)45(31)63/h5-10,13-16,25-26,29-34,47-48,57-58H,11-12,17-24H2,1-4H3,(H,49,59)(H,50,60)(H,53,61)(H,54,62)/t25-,26-,29-,30-,31-,32-,33-,34-/m0/s1. The first-order valence-corrected chi connectivity index (χ1v) is 24.2. The smallest absolute Gasteiger partial charge is 0.248 e. The minimum Gasteiger partial charge on any atom is -0.391 e. The fraction of sp³-hybridized carbons (Fsp3) is 0.478. The molecule has 3 aliphatic heterocycles. The summed E-state index contributed by atoms with van der Waals surface area (Å²) in [5.74, 6) is -3.31. The SMILES string of the molecule is CN[C@@H](C)C(=O)N[C@H]1COCCCCOC[C@H](NC(=O)[C@H](C)NC)C(=O)N2C[C@@H](O)C[C@H]2C(=O)Nc2sc(nc2-c2ccccc2)-c2nc(-c3ccccc3)c(s2)NC(=O)[C@@H]2C[C@H](O)CN2C1=O. The molecule has 4 aromatic rings. The van der Waals surface area contributed by atoms with E-state index >= 15 is 0 Å². The van der Waals surface area contributed by atoms with E-state index in [9.17, 15) is 39.0 Å². The number of carbonyl (C=O) groups excluding carboxylic acids is 6. The summed E-state index contributed by atoms with van der Waals surface area (Å²) in [4.78, 5) is 96.2. The summed E-state index contributed by atoms with van der Waals surface area (Å²) in [5.41, 5.74) is 2.17. The van der Waals surface area contributed by atoms with E-state index in [0.717, 1.165) is 22.7 Å². The molecule has 0 saturated carbocycles. The molecule has 2 aromatic heterocycles. The predicted molar refractivity (Wildman–Crippen MR) is 255 cm³/mol. The number of thiazole rings is 2. The first-order chi connectivity index (χ1) is 32.8. The Labute approximate surface area is 401 Å². The largest absolute Gasteiger partial charge is 0.391 e. The third kappa shape index (κ3) is 11.9. The minimum atomic E-state index is -1.20. The van der Waals surface area contributed by atoms with Crippen LogP contribution in [-0.2, 0) is 38.2 Å². The van der Waals surface area contributed by atoms with Gasteiger partial charge in [-0.05, 0) is 40.8 Å². The number of amides is 6. The zero-order chi connectivity index (χ0) is 48.5. The number of aliphatic hydroxyl groups excluding tert-OH is 2. The monoisotopic (exact) mass is 974 g/mol. The zero-order valence-electron chi connectivity index (χ0n) is 38.2. The van der Waals surface area contributed by atoms with Gasteiger partial charge in [0.2, 0.25) is 35.4 Å². The lowest BCUT2D eigenvalue weighted by Gasteiger charge is -2.29. The van der Waals surface area contributed by atoms with Gasteiger partial charge in [0.25, 0.3) is 0 Å². The molecule has 8 atom stereocenters. The van der Waals surface area contributed by atoms with E-state index in [-0.39, 0.29) is 52.4 Å². The van der Waals surface area contributed by atoms with Gasteiger partial charge in [0.15, 0.2) is 10.0 Å². The summed E-state index contributed by atoms with van der Waals surface area (Å²) in [5, 5.41) is 40.5. The second kappa shape index (κ2) is 23.1. The number of anilines is 2. The summed E-state index contributed by atoms with van der Waals surface area (Å²) in [7, 11) is 3.21. The average molecular weight is 975 g/mol. The van der Waals surface area contributed by atoms with Crippen molar-refractivity contribution in [3.63, 3.8) is 0 Å². The molecule has 68 heavy (non-hydrogen) atoms. The number of aromatic nitrogens is 2. The molecule has 22 heteroatoms. The van der Waals surface area contributed by atoms with Gasteiger partial charge < -0.3 is 61.4 Å². The van der Waals surface area contributed by atoms with Crippen LogP contribution in [0, 0.1) is 0 Å². The Bertz CT molecular complexity index is 2260. The third-order valence-electron chi connectivity index (χ3n) is 12.0. The highest BCUT2D eigenvalue weighted by Gasteiger charge is 2.44. The second-order valence-corrected chi connectivity index (χ2v) is 18.9. The molecule has 3 aliphatic rings. The fourth-order valence-electron chi connectivity index (χ4n) is 7.99. The van der Waals surface area contributed by atoms with Crippen LogP contribution < -0.4 is 31.9 Å². The average Bonchev–Trinajstić information content (AvgIpc) is 4.15. The Morgan fingerprint density at radius 3 is 1.41 bits per heavy atom. The Balaban J connectivity index is 1.27. The van der Waals surface area contributed by atoms with Crippen molar-refractivity contribution in [3.05, 3.63) is 60.7 Å². The second-order valence-electron chi connectivity index (χ2n) is 16.9. The van der Waals surface area contributed by atoms with E-state index in [0.29, 0.717) is 55.4 Å². The van der Waals surface area contributed by atoms with Crippen molar-refractivity contribution in [2.24, 2.45) is 0 Å². The van der Waals surface area contributed by atoms with Crippen LogP contribution in [0.1, 0.15) is 39.5 Å². The number of likely N-dealkylation sites (N-methyl/N-ethyl adjacent to an activating group) is 2. The number of nitrogens with one attached hydrogen (secondary N) is 6. The van der Waals surface area contributed by atoms with E-state index in [2.05, 4.69) is 31.9 Å². The van der Waals surface area contributed by atoms with Gasteiger partial charge >= 0.3 is 0 Å². The van der Waals surface area contributed by atoms with Crippen molar-refractivity contribution >= 4 is 68.1 Å². The van der Waals surface area contributed by atoms with E-state index in [1.54, 1.807) is 27.9 Å². The normalized spacial score (nSPS) is 24.3. The molecule has 4 bridgehead atoms. The van der Waals surface area contributed by atoms with Gasteiger partial charge in [-0.15, -0.1) is 0 Å². The van der Waals surface area contributed by atoms with Gasteiger partial charge in [0.1, 0.15) is 45.6 Å². The molecule has 2 aromatic carbocycles. The highest BCUT2D eigenvalue weighted by molar-refractivity contribution is 7.25. The molecule has 0 unspecified atom stereocenters. The summed E-state index contributed by atoms with van der Waals surface area (Å²) >= 11 is 2.26. The summed E-state index contributed by atoms with van der Waals surface area (Å²) in [6, 6.07) is 12.4. The molecular weight excluding hydrogens is 917 g/mol. The van der Waals surface area contributed by atoms with Gasteiger partial charge in [-0.25, -0.2) is 9.97 Å². The van der Waals surface area contributed by atoms with Crippen LogP contribution >= 0.6 is 22.7 Å². The molecular formula is C46H58N10O10S2. The van der Waals surface area contributed by atoms with Crippen molar-refractivity contribution in [1.82, 2.24) is 41.0 Å². The first-order valence-electron chi connectivity index (χ1n) is 22.6. The minimum absolute atomic E-state index is 0.0611. The summed E-state index contributed by atoms with van der Waals surface area (Å²) < 4.78 is 11.8. The summed E-state index contributed by atoms with van der Waals surface area (Å²) in [6.07, 6.45) is -1.28. The van der Waals surface area contributed by atoms with Crippen LogP contribution in [0.15, 0.2) is 60.7 Å². The van der Waals surface area contributed by atoms with Crippen LogP contribution in [0.25, 0.3) is 32.5 Å². The predicted octanol–water partition coefficient (Wildman–Crippen LogP) is 1.41. The summed E-state index contributed by atoms with van der Waals surface area (Å²) in [6.45, 7) is 2.79. The van der Waals surface area contributed by atoms with E-state index in [4.69, 9.17) is 19.4 Å². The Hall–Kier alpha value is -5.72. The Morgan fingerprint density at radius 2 is 1.04 bits per heavy atom. The van der Waals surface area contributed by atoms with Crippen molar-refractivity contribution in [2.45, 2.75) is 88.0 Å². The highest BCUT2D eigenvalue weighted by Crippen LogP contribution is 2.44. The molecule has 364 valence electrons. The number of hydrogen-bond acceptors (Lipinski definition) is 16. The van der Waals surface area contributed by atoms with Crippen molar-refractivity contribution in [1.29, 1.82) is 0 Å². The Kier molecular flexibility index (Phi) is 17.0. The molecule has 7 rings (SSSR count). The number of fused-ring (bicyclic) bond motifs is 7. The number of hydrogen-bond donors (Lipinski definition) is 8. The quantitative estimate of drug-likeness (QED) is 0.124. The zero-order valence-corrected chi connectivity index (χ0v) is 39.9. The molecule has 20 nitrogen and oxygen atoms in total. The molecule has 2 saturated heterocycles. The molecule has 6 amide bonds. The van der Waals surface area contributed by atoms with Crippen molar-refractivity contribution < 1.29 is 48.5 Å². The number of nitrogens with zero attached hydrogens (tertiary/aromatic N) is 4. The van der Waals surface area contributed by atoms with Gasteiger partial charge in [-0.3, -0.25) is 28.8 Å². The van der Waals surface area contributed by atoms with E-state index in [1.807, 2.05) is 60.7 Å². The van der Waals surface area contributed by atoms with Gasteiger partial charge in [0.05, 0.1) is 37.5 Å². The highest BCUT2D eigenvalue weighted by atomic mass is 32.1. The van der Waals surface area contributed by atoms with Crippen LogP contribution in [0.4, 0.5) is 10.0 Å². The molecule has 0 aliphatic carbocycles. The van der Waals surface area contributed by atoms with Gasteiger partial charge in [0, 0.05) is 50.3 Å². The Morgan fingerprint density at radius 1 is 0.662 bits per heavy atom. The fourth-order valence-corrected chi connectivity index (χ4v) is 9.99. The molecule has 0 radical (unpaired) electrons. The van der Waals surface area contributed by atoms with Gasteiger partial charge in [-0.2, -0.15) is 0 Å². The maximum absolute atomic E-state index is 14.4. The third-order valence-corrected chi connectivity index (χ3v) is 14.1. The lowest BCUT2D eigenvalue weighted by Crippen LogP contribution is -2.56. The van der Waals surface area contributed by atoms with E-state index in [1.165, 1.54) is 9.80 Å². The number of carbonyl (C=O) groups is 6. The van der Waals surface area contributed by atoms with E-state index < -0.39 is 83.9 Å². The molecule has 5 heterocycles. The van der Waals surface area contributed by atoms with Crippen LogP contribution in [0.3, 0.4) is 0 Å². The van der Waals surface area contributed by atoms with Crippen molar-refractivity contribution in [3.8, 4) is 32.5 Å². The number of ether oxygens (including phenoxy) is 2. The van der Waals surface area contributed by atoms with Crippen LogP contribution in [0.5, 0.6) is 0 Å². The van der Waals surface area contributed by atoms with Crippen molar-refractivity contribution in [2.75, 3.05) is 64.2 Å². The van der Waals surface area contributed by atoms with Crippen LogP contribution in [-0.4, -0.2) is 167 Å². The molecule has 8 N–H and O–H groups in total. The number of aliphatic hydroxyl groups is 2. The maximum atomic E-state index is 14.4. The number of rotatable bonds is 8. The lowest BCUT2D eigenvalue weighted by molar-refractivity contribution is -0.142. The molecule has 0 spiro atoms. The molecule has 2 fully saturated rings. The maximum Gasteiger partial charge on any atom is 0.248 e. The first kappa shape index (κ1) is 50.2. The van der Waals surface area contributed by atoms with Gasteiger partial charge in [-0.1, -0.05) is 83.3 Å². The van der Waals surface area contributed by atoms with Crippen LogP contribution in [0.2, 0.25) is 0 Å².